The minimum Gasteiger partial charge on any atom is -0.497 e. The summed E-state index contributed by atoms with van der Waals surface area (Å²) in [5, 5.41) is 7.81. The van der Waals surface area contributed by atoms with Gasteiger partial charge in [0.15, 0.2) is 5.78 Å². The number of carbonyl (C=O) groups is 3. The number of amides is 1. The molecule has 7 nitrogen and oxygen atoms in total. The third kappa shape index (κ3) is 12.7. The van der Waals surface area contributed by atoms with Crippen molar-refractivity contribution in [2.45, 2.75) is 94.0 Å². The Balaban J connectivity index is 0.00000355. The van der Waals surface area contributed by atoms with Crippen molar-refractivity contribution in [3.05, 3.63) is 65.4 Å². The lowest BCUT2D eigenvalue weighted by Gasteiger charge is -2.25. The van der Waals surface area contributed by atoms with Gasteiger partial charge in [-0.3, -0.25) is 9.59 Å². The highest BCUT2D eigenvalue weighted by atomic mass is 16.5. The van der Waals surface area contributed by atoms with E-state index in [2.05, 4.69) is 27.7 Å². The van der Waals surface area contributed by atoms with Crippen LogP contribution in [0.3, 0.4) is 0 Å². The molecule has 0 radical (unpaired) electrons. The fraction of sp³-hybridized carbons (Fsp3) is 0.541. The van der Waals surface area contributed by atoms with Crippen molar-refractivity contribution in [1.29, 1.82) is 0 Å². The number of carbonyl (C=O) groups excluding carboxylic acids is 3. The SMILES string of the molecule is C.CC.CO.COc1ccc2c(C(=O)c3ccc(CCCCC=O)cc3)cn(CC(=O)N(CCC(C)C)CCC(C)C)c2c1. The highest BCUT2D eigenvalue weighted by molar-refractivity contribution is 6.16. The zero-order valence-corrected chi connectivity index (χ0v) is 27.7. The average Bonchev–Trinajstić information content (AvgIpc) is 3.38. The Morgan fingerprint density at radius 2 is 1.52 bits per heavy atom. The summed E-state index contributed by atoms with van der Waals surface area (Å²) in [7, 11) is 2.62. The zero-order valence-electron chi connectivity index (χ0n) is 27.7. The molecule has 3 rings (SSSR count). The van der Waals surface area contributed by atoms with E-state index < -0.39 is 0 Å². The lowest BCUT2D eigenvalue weighted by molar-refractivity contribution is -0.132. The number of methoxy groups -OCH3 is 1. The van der Waals surface area contributed by atoms with Gasteiger partial charge < -0.3 is 24.1 Å². The summed E-state index contributed by atoms with van der Waals surface area (Å²) < 4.78 is 7.36. The summed E-state index contributed by atoms with van der Waals surface area (Å²) >= 11 is 0. The maximum absolute atomic E-state index is 13.6. The third-order valence-electron chi connectivity index (χ3n) is 7.20. The van der Waals surface area contributed by atoms with E-state index in [4.69, 9.17) is 9.84 Å². The van der Waals surface area contributed by atoms with Gasteiger partial charge in [-0.15, -0.1) is 0 Å². The lowest BCUT2D eigenvalue weighted by Crippen LogP contribution is -2.36. The summed E-state index contributed by atoms with van der Waals surface area (Å²) in [5.74, 6) is 1.71. The van der Waals surface area contributed by atoms with E-state index in [1.807, 2.05) is 72.0 Å². The van der Waals surface area contributed by atoms with Crippen LogP contribution in [-0.4, -0.2) is 59.9 Å². The number of unbranched alkanes of at least 4 members (excludes halogenated alkanes) is 2. The Morgan fingerprint density at radius 3 is 2.05 bits per heavy atom. The Hall–Kier alpha value is -3.45. The minimum absolute atomic E-state index is 0. The molecule has 0 unspecified atom stereocenters. The number of hydrogen-bond acceptors (Lipinski definition) is 5. The highest BCUT2D eigenvalue weighted by Crippen LogP contribution is 2.28. The molecule has 0 fully saturated rings. The van der Waals surface area contributed by atoms with Crippen LogP contribution >= 0.6 is 0 Å². The molecule has 0 aliphatic heterocycles. The smallest absolute Gasteiger partial charge is 0.242 e. The molecular weight excluding hydrogens is 552 g/mol. The second-order valence-electron chi connectivity index (χ2n) is 11.2. The van der Waals surface area contributed by atoms with Gasteiger partial charge in [0, 0.05) is 55.4 Å². The monoisotopic (exact) mass is 610 g/mol. The van der Waals surface area contributed by atoms with E-state index in [1.54, 1.807) is 7.11 Å². The van der Waals surface area contributed by atoms with Gasteiger partial charge in [0.05, 0.1) is 12.6 Å². The van der Waals surface area contributed by atoms with Gasteiger partial charge in [-0.05, 0) is 61.6 Å². The number of aldehydes is 1. The normalized spacial score (nSPS) is 10.3. The first kappa shape index (κ1) is 40.5. The number of rotatable bonds is 16. The number of aryl methyl sites for hydroxylation is 1. The summed E-state index contributed by atoms with van der Waals surface area (Å²) in [6.07, 6.45) is 7.98. The quantitative estimate of drug-likeness (QED) is 0.101. The first-order valence-electron chi connectivity index (χ1n) is 15.7. The second kappa shape index (κ2) is 22.1. The number of ether oxygens (including phenoxy) is 1. The van der Waals surface area contributed by atoms with Crippen LogP contribution in [0, 0.1) is 11.8 Å². The number of nitrogens with zero attached hydrogens (tertiary/aromatic N) is 2. The topological polar surface area (TPSA) is 88.8 Å². The molecule has 7 heteroatoms. The minimum atomic E-state index is -0.0691. The van der Waals surface area contributed by atoms with Crippen LogP contribution in [0.5, 0.6) is 5.75 Å². The number of aromatic nitrogens is 1. The van der Waals surface area contributed by atoms with Gasteiger partial charge >= 0.3 is 0 Å². The van der Waals surface area contributed by atoms with E-state index in [9.17, 15) is 14.4 Å². The number of aliphatic hydroxyl groups is 1. The fourth-order valence-electron chi connectivity index (χ4n) is 4.68. The fourth-order valence-corrected chi connectivity index (χ4v) is 4.68. The summed E-state index contributed by atoms with van der Waals surface area (Å²) in [5.41, 5.74) is 3.15. The van der Waals surface area contributed by atoms with Crippen molar-refractivity contribution < 1.29 is 24.2 Å². The second-order valence-corrected chi connectivity index (χ2v) is 11.2. The van der Waals surface area contributed by atoms with Gasteiger partial charge in [0.25, 0.3) is 0 Å². The van der Waals surface area contributed by atoms with E-state index >= 15 is 0 Å². The number of ketones is 1. The molecule has 0 bridgehead atoms. The predicted octanol–water partition coefficient (Wildman–Crippen LogP) is 7.98. The number of benzene rings is 2. The number of fused-ring (bicyclic) bond motifs is 1. The highest BCUT2D eigenvalue weighted by Gasteiger charge is 2.21. The van der Waals surface area contributed by atoms with Crippen molar-refractivity contribution in [2.75, 3.05) is 27.3 Å². The summed E-state index contributed by atoms with van der Waals surface area (Å²) in [4.78, 5) is 39.7. The molecule has 0 spiro atoms. The van der Waals surface area contributed by atoms with Crippen LogP contribution in [-0.2, 0) is 22.6 Å². The molecule has 0 saturated heterocycles. The Kier molecular flexibility index (Phi) is 20.4. The van der Waals surface area contributed by atoms with E-state index in [1.165, 1.54) is 0 Å². The van der Waals surface area contributed by atoms with Crippen molar-refractivity contribution >= 4 is 28.9 Å². The van der Waals surface area contributed by atoms with Crippen molar-refractivity contribution in [3.63, 3.8) is 0 Å². The third-order valence-corrected chi connectivity index (χ3v) is 7.20. The molecule has 1 N–H and O–H groups in total. The average molecular weight is 611 g/mol. The Bertz CT molecular complexity index is 1230. The van der Waals surface area contributed by atoms with Gasteiger partial charge in [0.1, 0.15) is 18.6 Å². The lowest BCUT2D eigenvalue weighted by atomic mass is 10.00. The molecule has 44 heavy (non-hydrogen) atoms. The molecule has 246 valence electrons. The van der Waals surface area contributed by atoms with Crippen LogP contribution in [0.4, 0.5) is 0 Å². The largest absolute Gasteiger partial charge is 0.497 e. The molecule has 2 aromatic carbocycles. The van der Waals surface area contributed by atoms with Crippen LogP contribution in [0.1, 0.15) is 103 Å². The maximum Gasteiger partial charge on any atom is 0.242 e. The molecule has 1 aromatic heterocycles. The van der Waals surface area contributed by atoms with Crippen molar-refractivity contribution in [1.82, 2.24) is 9.47 Å². The van der Waals surface area contributed by atoms with Crippen molar-refractivity contribution in [3.8, 4) is 5.75 Å². The zero-order chi connectivity index (χ0) is 32.4. The Labute approximate surface area is 266 Å². The standard InChI is InChI=1S/C33H44N2O4.C2H6.CH4O.CH4/c1-24(2)16-18-34(19-17-25(3)4)32(37)23-35-22-30(29-15-14-28(39-5)21-31(29)35)33(38)27-12-10-26(11-13-27)9-7-6-8-20-36;2*1-2;/h10-15,20-22,24-25H,6-9,16-19,23H2,1-5H3;1-2H3;2H,1H3;1H4. The van der Waals surface area contributed by atoms with Crippen molar-refractivity contribution in [2.24, 2.45) is 11.8 Å². The molecule has 0 saturated carbocycles. The summed E-state index contributed by atoms with van der Waals surface area (Å²) in [6, 6.07) is 13.4. The van der Waals surface area contributed by atoms with Crippen LogP contribution in [0.25, 0.3) is 10.9 Å². The predicted molar refractivity (Wildman–Crippen MR) is 184 cm³/mol. The van der Waals surface area contributed by atoms with Gasteiger partial charge in [0.2, 0.25) is 5.91 Å². The first-order valence-corrected chi connectivity index (χ1v) is 15.7. The van der Waals surface area contributed by atoms with Crippen LogP contribution < -0.4 is 4.74 Å². The molecule has 1 amide bonds. The molecule has 3 aromatic rings. The molecule has 1 heterocycles. The maximum atomic E-state index is 13.6. The van der Waals surface area contributed by atoms with Crippen LogP contribution in [0.15, 0.2) is 48.7 Å². The number of aliphatic hydroxyl groups excluding tert-OH is 1. The van der Waals surface area contributed by atoms with Gasteiger partial charge in [-0.2, -0.15) is 0 Å². The van der Waals surface area contributed by atoms with Gasteiger partial charge in [-0.25, -0.2) is 0 Å². The van der Waals surface area contributed by atoms with Crippen LogP contribution in [0.2, 0.25) is 0 Å². The Morgan fingerprint density at radius 1 is 0.932 bits per heavy atom. The molecule has 0 aliphatic carbocycles. The summed E-state index contributed by atoms with van der Waals surface area (Å²) in [6.45, 7) is 14.3. The van der Waals surface area contributed by atoms with E-state index in [-0.39, 0.29) is 25.7 Å². The van der Waals surface area contributed by atoms with E-state index in [0.29, 0.717) is 35.1 Å². The molecule has 0 atom stereocenters. The van der Waals surface area contributed by atoms with Gasteiger partial charge in [-0.1, -0.05) is 73.2 Å². The molecular formula is C37H58N2O5. The van der Waals surface area contributed by atoms with E-state index in [0.717, 1.165) is 75.1 Å². The first-order chi connectivity index (χ1) is 20.7. The molecule has 0 aliphatic rings. The number of hydrogen-bond donors (Lipinski definition) is 1.